The summed E-state index contributed by atoms with van der Waals surface area (Å²) in [6.07, 6.45) is 4.48. The number of hydrogen-bond acceptors (Lipinski definition) is 6. The van der Waals surface area contributed by atoms with Gasteiger partial charge in [0.25, 0.3) is 5.91 Å². The molecular weight excluding hydrogens is 382 g/mol. The fraction of sp³-hybridized carbons (Fsp3) is 0.263. The zero-order valence-electron chi connectivity index (χ0n) is 14.6. The first-order chi connectivity index (χ1) is 13.0. The lowest BCUT2D eigenvalue weighted by atomic mass is 9.91. The van der Waals surface area contributed by atoms with Crippen molar-refractivity contribution in [3.8, 4) is 0 Å². The maximum atomic E-state index is 12.3. The van der Waals surface area contributed by atoms with Crippen LogP contribution < -0.4 is 10.9 Å². The number of nitrogens with zero attached hydrogens (tertiary/aromatic N) is 1. The van der Waals surface area contributed by atoms with Crippen LogP contribution in [-0.4, -0.2) is 25.1 Å². The largest absolute Gasteiger partial charge is 0.273 e. The standard InChI is InChI=1S/C19H19N3O3S2/c23-17(12-27(24,25)14-7-2-1-3-8-14)21-22-19-20-18-15-9-5-4-6-13(15)10-11-16(18)26-19/h1-3,7-8,10-11H,4-6,9,12H2,(H,20,22)(H,21,23). The number of sulfone groups is 1. The van der Waals surface area contributed by atoms with Gasteiger partial charge in [0.2, 0.25) is 5.13 Å². The molecule has 0 bridgehead atoms. The SMILES string of the molecule is O=C(CS(=O)(=O)c1ccccc1)NNc1nc2c3c(ccc2s1)CCCC3. The zero-order valence-corrected chi connectivity index (χ0v) is 16.2. The van der Waals surface area contributed by atoms with Crippen molar-refractivity contribution in [2.45, 2.75) is 30.6 Å². The lowest BCUT2D eigenvalue weighted by molar-refractivity contribution is -0.118. The summed E-state index contributed by atoms with van der Waals surface area (Å²) in [5.41, 5.74) is 8.82. The van der Waals surface area contributed by atoms with E-state index in [9.17, 15) is 13.2 Å². The van der Waals surface area contributed by atoms with E-state index < -0.39 is 21.5 Å². The summed E-state index contributed by atoms with van der Waals surface area (Å²) >= 11 is 1.44. The highest BCUT2D eigenvalue weighted by Gasteiger charge is 2.20. The molecular formula is C19H19N3O3S2. The number of benzene rings is 2. The maximum absolute atomic E-state index is 12.3. The monoisotopic (exact) mass is 401 g/mol. The van der Waals surface area contributed by atoms with Crippen LogP contribution in [-0.2, 0) is 27.5 Å². The van der Waals surface area contributed by atoms with Crippen molar-refractivity contribution in [2.24, 2.45) is 0 Å². The Kier molecular flexibility index (Phi) is 4.84. The highest BCUT2D eigenvalue weighted by molar-refractivity contribution is 7.92. The molecule has 0 spiro atoms. The minimum absolute atomic E-state index is 0.131. The quantitative estimate of drug-likeness (QED) is 0.642. The van der Waals surface area contributed by atoms with Crippen molar-refractivity contribution < 1.29 is 13.2 Å². The number of hydrogen-bond donors (Lipinski definition) is 2. The molecule has 0 radical (unpaired) electrons. The zero-order chi connectivity index (χ0) is 18.9. The van der Waals surface area contributed by atoms with Crippen molar-refractivity contribution in [3.63, 3.8) is 0 Å². The third-order valence-electron chi connectivity index (χ3n) is 4.62. The molecule has 0 saturated heterocycles. The molecule has 27 heavy (non-hydrogen) atoms. The number of carbonyl (C=O) groups is 1. The van der Waals surface area contributed by atoms with E-state index in [-0.39, 0.29) is 4.90 Å². The topological polar surface area (TPSA) is 88.2 Å². The van der Waals surface area contributed by atoms with Crippen LogP contribution >= 0.6 is 11.3 Å². The molecule has 4 rings (SSSR count). The average molecular weight is 402 g/mol. The molecule has 0 atom stereocenters. The number of aromatic nitrogens is 1. The Balaban J connectivity index is 1.45. The summed E-state index contributed by atoms with van der Waals surface area (Å²) in [5.74, 6) is -1.25. The number of rotatable bonds is 5. The van der Waals surface area contributed by atoms with Crippen molar-refractivity contribution in [1.82, 2.24) is 10.4 Å². The number of thiazole rings is 1. The van der Waals surface area contributed by atoms with Crippen LogP contribution in [0.25, 0.3) is 10.2 Å². The van der Waals surface area contributed by atoms with Crippen LogP contribution in [0, 0.1) is 0 Å². The Hall–Kier alpha value is -2.45. The molecule has 1 heterocycles. The van der Waals surface area contributed by atoms with E-state index in [1.165, 1.54) is 47.4 Å². The Morgan fingerprint density at radius 3 is 2.67 bits per heavy atom. The number of aryl methyl sites for hydroxylation is 2. The first kappa shape index (κ1) is 17.9. The second kappa shape index (κ2) is 7.28. The Morgan fingerprint density at radius 2 is 1.85 bits per heavy atom. The van der Waals surface area contributed by atoms with Gasteiger partial charge in [-0.15, -0.1) is 0 Å². The molecule has 0 saturated carbocycles. The van der Waals surface area contributed by atoms with Crippen LogP contribution in [0.1, 0.15) is 24.0 Å². The Bertz CT molecular complexity index is 1090. The fourth-order valence-corrected chi connectivity index (χ4v) is 5.32. The normalized spacial score (nSPS) is 13.9. The van der Waals surface area contributed by atoms with Gasteiger partial charge in [-0.05, 0) is 55.0 Å². The maximum Gasteiger partial charge on any atom is 0.253 e. The predicted octanol–water partition coefficient (Wildman–Crippen LogP) is 3.09. The summed E-state index contributed by atoms with van der Waals surface area (Å²) < 4.78 is 25.6. The number of nitrogens with one attached hydrogen (secondary N) is 2. The van der Waals surface area contributed by atoms with Crippen LogP contribution in [0.2, 0.25) is 0 Å². The van der Waals surface area contributed by atoms with E-state index in [2.05, 4.69) is 28.0 Å². The van der Waals surface area contributed by atoms with Crippen molar-refractivity contribution in [2.75, 3.05) is 11.2 Å². The molecule has 2 aromatic carbocycles. The van der Waals surface area contributed by atoms with Gasteiger partial charge in [-0.2, -0.15) is 0 Å². The smallest absolute Gasteiger partial charge is 0.253 e. The molecule has 8 heteroatoms. The number of amides is 1. The molecule has 1 aliphatic carbocycles. The molecule has 6 nitrogen and oxygen atoms in total. The number of anilines is 1. The molecule has 3 aromatic rings. The highest BCUT2D eigenvalue weighted by Crippen LogP contribution is 2.33. The van der Waals surface area contributed by atoms with Gasteiger partial charge < -0.3 is 0 Å². The number of hydrazine groups is 1. The minimum Gasteiger partial charge on any atom is -0.273 e. The lowest BCUT2D eigenvalue weighted by Gasteiger charge is -2.15. The molecule has 0 fully saturated rings. The first-order valence-electron chi connectivity index (χ1n) is 8.77. The second-order valence-corrected chi connectivity index (χ2v) is 9.54. The van der Waals surface area contributed by atoms with Gasteiger partial charge in [-0.1, -0.05) is 35.6 Å². The Labute approximate surface area is 161 Å². The lowest BCUT2D eigenvalue weighted by Crippen LogP contribution is -2.34. The molecule has 2 N–H and O–H groups in total. The van der Waals surface area contributed by atoms with Gasteiger partial charge in [0.05, 0.1) is 15.1 Å². The van der Waals surface area contributed by atoms with Crippen LogP contribution in [0.3, 0.4) is 0 Å². The van der Waals surface area contributed by atoms with Crippen molar-refractivity contribution in [3.05, 3.63) is 53.6 Å². The molecule has 1 aromatic heterocycles. The second-order valence-electron chi connectivity index (χ2n) is 6.52. The van der Waals surface area contributed by atoms with E-state index in [1.807, 2.05) is 0 Å². The molecule has 1 amide bonds. The van der Waals surface area contributed by atoms with Gasteiger partial charge in [0.1, 0.15) is 5.75 Å². The Morgan fingerprint density at radius 1 is 1.07 bits per heavy atom. The summed E-state index contributed by atoms with van der Waals surface area (Å²) in [7, 11) is -3.67. The first-order valence-corrected chi connectivity index (χ1v) is 11.2. The van der Waals surface area contributed by atoms with E-state index in [4.69, 9.17) is 0 Å². The summed E-state index contributed by atoms with van der Waals surface area (Å²) in [4.78, 5) is 16.8. The van der Waals surface area contributed by atoms with Gasteiger partial charge in [0.15, 0.2) is 9.84 Å². The van der Waals surface area contributed by atoms with E-state index >= 15 is 0 Å². The number of carbonyl (C=O) groups excluding carboxylic acids is 1. The molecule has 140 valence electrons. The average Bonchev–Trinajstić information content (AvgIpc) is 3.10. The van der Waals surface area contributed by atoms with Gasteiger partial charge in [0, 0.05) is 0 Å². The molecule has 0 unspecified atom stereocenters. The molecule has 0 aliphatic heterocycles. The molecule has 1 aliphatic rings. The minimum atomic E-state index is -3.67. The van der Waals surface area contributed by atoms with E-state index in [1.54, 1.807) is 18.2 Å². The predicted molar refractivity (Wildman–Crippen MR) is 107 cm³/mol. The third-order valence-corrected chi connectivity index (χ3v) is 7.19. The van der Waals surface area contributed by atoms with E-state index in [0.717, 1.165) is 23.1 Å². The third kappa shape index (κ3) is 3.81. The van der Waals surface area contributed by atoms with Crippen molar-refractivity contribution in [1.29, 1.82) is 0 Å². The number of fused-ring (bicyclic) bond motifs is 3. The van der Waals surface area contributed by atoms with Gasteiger partial charge in [-0.25, -0.2) is 13.4 Å². The van der Waals surface area contributed by atoms with Crippen LogP contribution in [0.4, 0.5) is 5.13 Å². The van der Waals surface area contributed by atoms with Gasteiger partial charge >= 0.3 is 0 Å². The van der Waals surface area contributed by atoms with Crippen LogP contribution in [0.5, 0.6) is 0 Å². The highest BCUT2D eigenvalue weighted by atomic mass is 32.2. The summed E-state index contributed by atoms with van der Waals surface area (Å²) in [5, 5.41) is 0.550. The summed E-state index contributed by atoms with van der Waals surface area (Å²) in [6, 6.07) is 12.2. The van der Waals surface area contributed by atoms with Crippen LogP contribution in [0.15, 0.2) is 47.4 Å². The van der Waals surface area contributed by atoms with Crippen molar-refractivity contribution >= 4 is 42.4 Å². The summed E-state index contributed by atoms with van der Waals surface area (Å²) in [6.45, 7) is 0. The van der Waals surface area contributed by atoms with E-state index in [0.29, 0.717) is 5.13 Å². The fourth-order valence-electron chi connectivity index (χ4n) is 3.32. The van der Waals surface area contributed by atoms with Gasteiger partial charge in [-0.3, -0.25) is 15.6 Å².